The van der Waals surface area contributed by atoms with Crippen molar-refractivity contribution in [3.05, 3.63) is 62.8 Å². The first-order valence-electron chi connectivity index (χ1n) is 7.34. The fraction of sp³-hybridized carbons (Fsp3) is 0.176. The van der Waals surface area contributed by atoms with Gasteiger partial charge < -0.3 is 14.9 Å². The molecule has 0 saturated carbocycles. The molecule has 0 unspecified atom stereocenters. The normalized spacial score (nSPS) is 13.8. The number of anilines is 1. The van der Waals surface area contributed by atoms with E-state index >= 15 is 0 Å². The molecule has 1 amide bonds. The van der Waals surface area contributed by atoms with Crippen molar-refractivity contribution in [3.8, 4) is 0 Å². The van der Waals surface area contributed by atoms with Gasteiger partial charge in [-0.1, -0.05) is 33.6 Å². The van der Waals surface area contributed by atoms with Crippen LogP contribution >= 0.6 is 27.5 Å². The van der Waals surface area contributed by atoms with Crippen molar-refractivity contribution in [2.45, 2.75) is 6.54 Å². The molecule has 1 N–H and O–H groups in total. The predicted molar refractivity (Wildman–Crippen MR) is 95.3 cm³/mol. The van der Waals surface area contributed by atoms with Crippen molar-refractivity contribution < 1.29 is 19.1 Å². The van der Waals surface area contributed by atoms with E-state index in [4.69, 9.17) is 16.7 Å². The smallest absolute Gasteiger partial charge is 0.323 e. The third kappa shape index (κ3) is 3.77. The fourth-order valence-electron chi connectivity index (χ4n) is 2.75. The summed E-state index contributed by atoms with van der Waals surface area (Å²) < 4.78 is 14.8. The molecule has 0 atom stereocenters. The standard InChI is InChI=1S/C17H13BrClFN2O3/c18-11-2-1-10(14(20)5-11)7-21-9-22(8-16(23)24)17(25)13-6-12(19)3-4-15(13)21/h1-6H,7-9H2,(H,23,24). The zero-order valence-corrected chi connectivity index (χ0v) is 15.2. The first-order chi connectivity index (χ1) is 11.8. The minimum Gasteiger partial charge on any atom is -0.480 e. The largest absolute Gasteiger partial charge is 0.480 e. The first-order valence-corrected chi connectivity index (χ1v) is 8.52. The molecule has 0 aliphatic carbocycles. The number of fused-ring (bicyclic) bond motifs is 1. The number of carboxylic acids is 1. The van der Waals surface area contributed by atoms with Gasteiger partial charge in [0.15, 0.2) is 0 Å². The molecule has 0 bridgehead atoms. The van der Waals surface area contributed by atoms with Gasteiger partial charge in [-0.25, -0.2) is 4.39 Å². The van der Waals surface area contributed by atoms with Crippen molar-refractivity contribution in [1.29, 1.82) is 0 Å². The summed E-state index contributed by atoms with van der Waals surface area (Å²) in [5.74, 6) is -1.91. The van der Waals surface area contributed by atoms with E-state index < -0.39 is 18.4 Å². The Morgan fingerprint density at radius 1 is 1.24 bits per heavy atom. The van der Waals surface area contributed by atoms with E-state index in [0.29, 0.717) is 26.3 Å². The van der Waals surface area contributed by atoms with E-state index in [2.05, 4.69) is 15.9 Å². The number of rotatable bonds is 4. The van der Waals surface area contributed by atoms with Gasteiger partial charge >= 0.3 is 5.97 Å². The fourth-order valence-corrected chi connectivity index (χ4v) is 3.25. The molecule has 1 aliphatic rings. The van der Waals surface area contributed by atoms with Crippen molar-refractivity contribution in [2.24, 2.45) is 0 Å². The van der Waals surface area contributed by atoms with Crippen molar-refractivity contribution >= 4 is 45.1 Å². The van der Waals surface area contributed by atoms with Crippen LogP contribution in [0.5, 0.6) is 0 Å². The number of amides is 1. The average molecular weight is 428 g/mol. The molecular formula is C17H13BrClFN2O3. The van der Waals surface area contributed by atoms with Crippen LogP contribution in [0, 0.1) is 5.82 Å². The summed E-state index contributed by atoms with van der Waals surface area (Å²) >= 11 is 9.19. The van der Waals surface area contributed by atoms with Crippen LogP contribution < -0.4 is 4.90 Å². The number of aliphatic carboxylic acids is 1. The molecule has 2 aromatic rings. The predicted octanol–water partition coefficient (Wildman–Crippen LogP) is 3.75. The summed E-state index contributed by atoms with van der Waals surface area (Å²) in [5, 5.41) is 9.41. The average Bonchev–Trinajstić information content (AvgIpc) is 2.53. The third-order valence-electron chi connectivity index (χ3n) is 3.86. The number of hydrogen-bond acceptors (Lipinski definition) is 3. The summed E-state index contributed by atoms with van der Waals surface area (Å²) in [6.45, 7) is -0.198. The van der Waals surface area contributed by atoms with Crippen LogP contribution in [0.2, 0.25) is 5.02 Å². The molecule has 3 rings (SSSR count). The number of carboxylic acid groups (broad SMARTS) is 1. The Balaban J connectivity index is 1.98. The molecule has 1 heterocycles. The van der Waals surface area contributed by atoms with E-state index in [-0.39, 0.29) is 19.0 Å². The maximum Gasteiger partial charge on any atom is 0.323 e. The van der Waals surface area contributed by atoms with Gasteiger partial charge in [0.1, 0.15) is 12.4 Å². The van der Waals surface area contributed by atoms with Crippen LogP contribution in [-0.4, -0.2) is 35.1 Å². The number of carbonyl (C=O) groups excluding carboxylic acids is 1. The Hall–Kier alpha value is -2.12. The molecule has 0 saturated heterocycles. The minimum atomic E-state index is -1.12. The maximum absolute atomic E-state index is 14.2. The van der Waals surface area contributed by atoms with Gasteiger partial charge in [-0.3, -0.25) is 9.59 Å². The number of hydrogen-bond donors (Lipinski definition) is 1. The van der Waals surface area contributed by atoms with E-state index in [1.54, 1.807) is 29.2 Å². The van der Waals surface area contributed by atoms with Gasteiger partial charge in [0.25, 0.3) is 5.91 Å². The van der Waals surface area contributed by atoms with Crippen LogP contribution in [0.1, 0.15) is 15.9 Å². The second kappa shape index (κ2) is 7.01. The van der Waals surface area contributed by atoms with Gasteiger partial charge in [0.05, 0.1) is 17.9 Å². The zero-order chi connectivity index (χ0) is 18.1. The Morgan fingerprint density at radius 2 is 2.00 bits per heavy atom. The highest BCUT2D eigenvalue weighted by Gasteiger charge is 2.31. The van der Waals surface area contributed by atoms with Crippen LogP contribution in [0.15, 0.2) is 40.9 Å². The molecule has 0 spiro atoms. The molecule has 8 heteroatoms. The lowest BCUT2D eigenvalue weighted by molar-refractivity contribution is -0.137. The van der Waals surface area contributed by atoms with Crippen molar-refractivity contribution in [1.82, 2.24) is 4.90 Å². The molecule has 0 fully saturated rings. The maximum atomic E-state index is 14.2. The van der Waals surface area contributed by atoms with E-state index in [0.717, 1.165) is 0 Å². The minimum absolute atomic E-state index is 0.0509. The molecule has 2 aromatic carbocycles. The molecule has 0 radical (unpaired) electrons. The van der Waals surface area contributed by atoms with E-state index in [9.17, 15) is 14.0 Å². The third-order valence-corrected chi connectivity index (χ3v) is 4.59. The first kappa shape index (κ1) is 17.7. The van der Waals surface area contributed by atoms with Crippen molar-refractivity contribution in [2.75, 3.05) is 18.1 Å². The Labute approximate surface area is 156 Å². The number of benzene rings is 2. The lowest BCUT2D eigenvalue weighted by atomic mass is 10.1. The van der Waals surface area contributed by atoms with E-state index in [1.165, 1.54) is 17.0 Å². The molecule has 1 aliphatic heterocycles. The highest BCUT2D eigenvalue weighted by atomic mass is 79.9. The number of halogens is 3. The topological polar surface area (TPSA) is 60.9 Å². The van der Waals surface area contributed by atoms with Gasteiger partial charge in [0.2, 0.25) is 0 Å². The quantitative estimate of drug-likeness (QED) is 0.807. The van der Waals surface area contributed by atoms with Gasteiger partial charge in [-0.15, -0.1) is 0 Å². The zero-order valence-electron chi connectivity index (χ0n) is 12.9. The summed E-state index contributed by atoms with van der Waals surface area (Å²) in [6, 6.07) is 9.56. The van der Waals surface area contributed by atoms with Crippen molar-refractivity contribution in [3.63, 3.8) is 0 Å². The second-order valence-electron chi connectivity index (χ2n) is 5.63. The second-order valence-corrected chi connectivity index (χ2v) is 6.99. The summed E-state index contributed by atoms with van der Waals surface area (Å²) in [4.78, 5) is 26.5. The monoisotopic (exact) mass is 426 g/mol. The molecular weight excluding hydrogens is 415 g/mol. The Bertz CT molecular complexity index is 862. The molecule has 25 heavy (non-hydrogen) atoms. The van der Waals surface area contributed by atoms with E-state index in [1.807, 2.05) is 0 Å². The molecule has 0 aromatic heterocycles. The van der Waals surface area contributed by atoms with Gasteiger partial charge in [0, 0.05) is 21.6 Å². The SMILES string of the molecule is O=C(O)CN1CN(Cc2ccc(Br)cc2F)c2ccc(Cl)cc2C1=O. The highest BCUT2D eigenvalue weighted by molar-refractivity contribution is 9.10. The van der Waals surface area contributed by atoms with Crippen LogP contribution in [0.3, 0.4) is 0 Å². The van der Waals surface area contributed by atoms with Gasteiger partial charge in [-0.2, -0.15) is 0 Å². The molecule has 5 nitrogen and oxygen atoms in total. The van der Waals surface area contributed by atoms with Gasteiger partial charge in [-0.05, 0) is 30.3 Å². The van der Waals surface area contributed by atoms with Crippen LogP contribution in [0.25, 0.3) is 0 Å². The number of nitrogens with zero attached hydrogens (tertiary/aromatic N) is 2. The number of carbonyl (C=O) groups is 2. The van der Waals surface area contributed by atoms with Crippen LogP contribution in [0.4, 0.5) is 10.1 Å². The Kier molecular flexibility index (Phi) is 4.96. The summed E-state index contributed by atoms with van der Waals surface area (Å²) in [7, 11) is 0. The summed E-state index contributed by atoms with van der Waals surface area (Å²) in [6.07, 6.45) is 0. The lowest BCUT2D eigenvalue weighted by Gasteiger charge is -2.37. The highest BCUT2D eigenvalue weighted by Crippen LogP contribution is 2.31. The summed E-state index contributed by atoms with van der Waals surface area (Å²) in [5.41, 5.74) is 1.34. The Morgan fingerprint density at radius 3 is 2.68 bits per heavy atom. The van der Waals surface area contributed by atoms with Crippen LogP contribution in [-0.2, 0) is 11.3 Å². The lowest BCUT2D eigenvalue weighted by Crippen LogP contribution is -2.48. The molecule has 130 valence electrons.